The number of rotatable bonds is 6. The van der Waals surface area contributed by atoms with Crippen LogP contribution in [-0.2, 0) is 0 Å². The molecule has 0 radical (unpaired) electrons. The summed E-state index contributed by atoms with van der Waals surface area (Å²) in [6.07, 6.45) is 3.57. The summed E-state index contributed by atoms with van der Waals surface area (Å²) in [4.78, 5) is 13.5. The molecular weight excluding hydrogens is 270 g/mol. The van der Waals surface area contributed by atoms with Crippen LogP contribution in [0, 0.1) is 0 Å². The van der Waals surface area contributed by atoms with Gasteiger partial charge in [-0.05, 0) is 18.6 Å². The molecule has 0 saturated carbocycles. The second kappa shape index (κ2) is 7.03. The lowest BCUT2D eigenvalue weighted by atomic mass is 10.1. The van der Waals surface area contributed by atoms with Crippen molar-refractivity contribution in [2.45, 2.75) is 25.8 Å². The summed E-state index contributed by atoms with van der Waals surface area (Å²) in [7, 11) is 1.65. The molecule has 114 valence electrons. The van der Waals surface area contributed by atoms with E-state index in [1.165, 1.54) is 4.90 Å². The zero-order valence-electron chi connectivity index (χ0n) is 12.4. The van der Waals surface area contributed by atoms with Gasteiger partial charge in [-0.25, -0.2) is 4.79 Å². The lowest BCUT2D eigenvalue weighted by Crippen LogP contribution is -2.41. The minimum absolute atomic E-state index is 0.0593. The van der Waals surface area contributed by atoms with Crippen molar-refractivity contribution in [3.63, 3.8) is 0 Å². The fourth-order valence-corrected chi connectivity index (χ4v) is 2.16. The fourth-order valence-electron chi connectivity index (χ4n) is 2.16. The third-order valence-corrected chi connectivity index (χ3v) is 3.31. The molecule has 0 aliphatic carbocycles. The van der Waals surface area contributed by atoms with Crippen molar-refractivity contribution >= 4 is 11.7 Å². The van der Waals surface area contributed by atoms with Crippen LogP contribution in [0.5, 0.6) is 0 Å². The van der Waals surface area contributed by atoms with E-state index in [0.29, 0.717) is 6.54 Å². The Kier molecular flexibility index (Phi) is 5.10. The number of urea groups is 1. The summed E-state index contributed by atoms with van der Waals surface area (Å²) in [5.41, 5.74) is 0.756. The van der Waals surface area contributed by atoms with Crippen LogP contribution in [0.15, 0.2) is 24.4 Å². The Balaban J connectivity index is 2.20. The maximum atomic E-state index is 12.1. The number of hydrogen-bond donors (Lipinski definition) is 2. The molecule has 2 aromatic rings. The van der Waals surface area contributed by atoms with Crippen molar-refractivity contribution in [3.05, 3.63) is 30.2 Å². The number of carbonyl (C=O) groups excluding carboxylic acids is 1. The van der Waals surface area contributed by atoms with Crippen LogP contribution in [0.25, 0.3) is 5.65 Å². The molecule has 7 nitrogen and oxygen atoms in total. The highest BCUT2D eigenvalue weighted by Crippen LogP contribution is 2.17. The van der Waals surface area contributed by atoms with Gasteiger partial charge in [0.25, 0.3) is 0 Å². The minimum atomic E-state index is -0.227. The third-order valence-electron chi connectivity index (χ3n) is 3.31. The molecule has 0 aliphatic rings. The van der Waals surface area contributed by atoms with E-state index >= 15 is 0 Å². The first kappa shape index (κ1) is 15.2. The van der Waals surface area contributed by atoms with Gasteiger partial charge in [-0.15, -0.1) is 10.2 Å². The Bertz CT molecular complexity index is 598. The molecule has 2 aromatic heterocycles. The van der Waals surface area contributed by atoms with Crippen LogP contribution in [-0.4, -0.2) is 50.8 Å². The molecule has 0 fully saturated rings. The molecule has 7 heteroatoms. The molecule has 0 aliphatic heterocycles. The molecular formula is C14H21N5O2. The van der Waals surface area contributed by atoms with Gasteiger partial charge in [0.2, 0.25) is 0 Å². The highest BCUT2D eigenvalue weighted by atomic mass is 16.3. The molecule has 1 atom stereocenters. The number of nitrogens with one attached hydrogen (secondary N) is 1. The highest BCUT2D eigenvalue weighted by Gasteiger charge is 2.21. The number of hydrogen-bond acceptors (Lipinski definition) is 4. The maximum Gasteiger partial charge on any atom is 0.317 e. The topological polar surface area (TPSA) is 82.8 Å². The average molecular weight is 291 g/mol. The largest absolute Gasteiger partial charge is 0.395 e. The SMILES string of the molecule is CCCC(NC(=O)N(C)CCO)c1nnc2ccccn12. The predicted molar refractivity (Wildman–Crippen MR) is 78.9 cm³/mol. The summed E-state index contributed by atoms with van der Waals surface area (Å²) in [5.74, 6) is 0.721. The molecule has 2 amide bonds. The van der Waals surface area contributed by atoms with Gasteiger partial charge in [0.05, 0.1) is 12.6 Å². The molecule has 1 unspecified atom stereocenters. The highest BCUT2D eigenvalue weighted by molar-refractivity contribution is 5.74. The second-order valence-corrected chi connectivity index (χ2v) is 4.92. The van der Waals surface area contributed by atoms with Gasteiger partial charge in [-0.1, -0.05) is 19.4 Å². The van der Waals surface area contributed by atoms with Crippen LogP contribution < -0.4 is 5.32 Å². The van der Waals surface area contributed by atoms with Gasteiger partial charge in [0.1, 0.15) is 0 Å². The monoisotopic (exact) mass is 291 g/mol. The molecule has 2 N–H and O–H groups in total. The number of pyridine rings is 1. The Morgan fingerprint density at radius 2 is 2.29 bits per heavy atom. The second-order valence-electron chi connectivity index (χ2n) is 4.92. The van der Waals surface area contributed by atoms with Gasteiger partial charge in [-0.2, -0.15) is 0 Å². The zero-order valence-corrected chi connectivity index (χ0v) is 12.4. The van der Waals surface area contributed by atoms with E-state index in [2.05, 4.69) is 22.4 Å². The van der Waals surface area contributed by atoms with E-state index in [4.69, 9.17) is 5.11 Å². The predicted octanol–water partition coefficient (Wildman–Crippen LogP) is 1.20. The van der Waals surface area contributed by atoms with E-state index < -0.39 is 0 Å². The number of fused-ring (bicyclic) bond motifs is 1. The smallest absolute Gasteiger partial charge is 0.317 e. The third kappa shape index (κ3) is 3.49. The van der Waals surface area contributed by atoms with Crippen LogP contribution in [0.3, 0.4) is 0 Å². The van der Waals surface area contributed by atoms with Crippen LogP contribution >= 0.6 is 0 Å². The summed E-state index contributed by atoms with van der Waals surface area (Å²) in [5, 5.41) is 20.2. The Hall–Kier alpha value is -2.15. The average Bonchev–Trinajstić information content (AvgIpc) is 2.91. The Morgan fingerprint density at radius 1 is 1.48 bits per heavy atom. The normalized spacial score (nSPS) is 12.3. The van der Waals surface area contributed by atoms with Gasteiger partial charge in [0, 0.05) is 19.8 Å². The number of amides is 2. The number of nitrogens with zero attached hydrogens (tertiary/aromatic N) is 4. The summed E-state index contributed by atoms with van der Waals surface area (Å²) in [6.45, 7) is 2.29. The first-order valence-electron chi connectivity index (χ1n) is 7.09. The maximum absolute atomic E-state index is 12.1. The standard InChI is InChI=1S/C14H21N5O2/c1-3-6-11(15-14(21)18(2)9-10-20)13-17-16-12-7-4-5-8-19(12)13/h4-5,7-8,11,20H,3,6,9-10H2,1-2H3,(H,15,21). The number of likely N-dealkylation sites (N-methyl/N-ethyl adjacent to an activating group) is 1. The van der Waals surface area contributed by atoms with Crippen molar-refractivity contribution in [2.24, 2.45) is 0 Å². The molecule has 0 spiro atoms. The number of aliphatic hydroxyl groups is 1. The molecule has 2 heterocycles. The number of aromatic nitrogens is 3. The van der Waals surface area contributed by atoms with E-state index in [1.54, 1.807) is 7.05 Å². The zero-order chi connectivity index (χ0) is 15.2. The number of aliphatic hydroxyl groups excluding tert-OH is 1. The Morgan fingerprint density at radius 3 is 3.00 bits per heavy atom. The van der Waals surface area contributed by atoms with Crippen molar-refractivity contribution in [1.29, 1.82) is 0 Å². The molecule has 0 bridgehead atoms. The van der Waals surface area contributed by atoms with E-state index in [1.807, 2.05) is 28.8 Å². The van der Waals surface area contributed by atoms with Crippen LogP contribution in [0.4, 0.5) is 4.79 Å². The van der Waals surface area contributed by atoms with Crippen molar-refractivity contribution in [2.75, 3.05) is 20.2 Å². The Labute approximate surface area is 123 Å². The van der Waals surface area contributed by atoms with E-state index in [-0.39, 0.29) is 18.7 Å². The minimum Gasteiger partial charge on any atom is -0.395 e. The van der Waals surface area contributed by atoms with Gasteiger partial charge < -0.3 is 15.3 Å². The summed E-state index contributed by atoms with van der Waals surface area (Å²) < 4.78 is 1.88. The van der Waals surface area contributed by atoms with E-state index in [9.17, 15) is 4.79 Å². The number of carbonyl (C=O) groups is 1. The van der Waals surface area contributed by atoms with Gasteiger partial charge in [-0.3, -0.25) is 4.40 Å². The lowest BCUT2D eigenvalue weighted by Gasteiger charge is -2.22. The first-order valence-corrected chi connectivity index (χ1v) is 7.09. The van der Waals surface area contributed by atoms with Crippen LogP contribution in [0.1, 0.15) is 31.6 Å². The summed E-state index contributed by atoms with van der Waals surface area (Å²) in [6, 6.07) is 5.24. The lowest BCUT2D eigenvalue weighted by molar-refractivity contribution is 0.186. The van der Waals surface area contributed by atoms with E-state index in [0.717, 1.165) is 24.3 Å². The summed E-state index contributed by atoms with van der Waals surface area (Å²) >= 11 is 0. The quantitative estimate of drug-likeness (QED) is 0.838. The van der Waals surface area contributed by atoms with Gasteiger partial charge >= 0.3 is 6.03 Å². The molecule has 0 aromatic carbocycles. The van der Waals surface area contributed by atoms with Crippen molar-refractivity contribution in [1.82, 2.24) is 24.8 Å². The van der Waals surface area contributed by atoms with Crippen molar-refractivity contribution < 1.29 is 9.90 Å². The van der Waals surface area contributed by atoms with Crippen molar-refractivity contribution in [3.8, 4) is 0 Å². The molecule has 21 heavy (non-hydrogen) atoms. The van der Waals surface area contributed by atoms with Gasteiger partial charge in [0.15, 0.2) is 11.5 Å². The first-order chi connectivity index (χ1) is 10.2. The molecule has 0 saturated heterocycles. The van der Waals surface area contributed by atoms with Crippen LogP contribution in [0.2, 0.25) is 0 Å². The molecule has 2 rings (SSSR count). The fraction of sp³-hybridized carbons (Fsp3) is 0.500.